The maximum atomic E-state index is 10.2. The molecule has 1 N–H and O–H groups in total. The lowest BCUT2D eigenvalue weighted by Crippen LogP contribution is -2.45. The summed E-state index contributed by atoms with van der Waals surface area (Å²) in [6.07, 6.45) is 16.7. The van der Waals surface area contributed by atoms with Crippen LogP contribution in [0.2, 0.25) is 0 Å². The van der Waals surface area contributed by atoms with E-state index in [2.05, 4.69) is 40.7 Å². The van der Waals surface area contributed by atoms with E-state index in [4.69, 9.17) is 0 Å². The van der Waals surface area contributed by atoms with Crippen LogP contribution in [-0.4, -0.2) is 11.2 Å². The zero-order valence-corrected chi connectivity index (χ0v) is 19.2. The van der Waals surface area contributed by atoms with Crippen molar-refractivity contribution in [1.82, 2.24) is 0 Å². The van der Waals surface area contributed by atoms with Gasteiger partial charge in [-0.3, -0.25) is 0 Å². The Hall–Kier alpha value is -0.560. The van der Waals surface area contributed by atoms with Gasteiger partial charge in [-0.1, -0.05) is 43.6 Å². The van der Waals surface area contributed by atoms with Crippen LogP contribution in [0.5, 0.6) is 0 Å². The Morgan fingerprint density at radius 2 is 1.89 bits per heavy atom. The van der Waals surface area contributed by atoms with Gasteiger partial charge in [0.1, 0.15) is 0 Å². The molecule has 1 nitrogen and oxygen atoms in total. The van der Waals surface area contributed by atoms with E-state index in [0.29, 0.717) is 10.8 Å². The fourth-order valence-electron chi connectivity index (χ4n) is 8.25. The van der Waals surface area contributed by atoms with Crippen molar-refractivity contribution >= 4 is 0 Å². The summed E-state index contributed by atoms with van der Waals surface area (Å²) in [6.45, 7) is 12.2. The van der Waals surface area contributed by atoms with Gasteiger partial charge in [-0.25, -0.2) is 0 Å². The van der Waals surface area contributed by atoms with Gasteiger partial charge in [0.15, 0.2) is 0 Å². The van der Waals surface area contributed by atoms with Crippen molar-refractivity contribution in [2.45, 2.75) is 111 Å². The third kappa shape index (κ3) is 3.34. The Balaban J connectivity index is 1.55. The molecule has 0 saturated heterocycles. The predicted octanol–water partition coefficient (Wildman–Crippen LogP) is 7.45. The Morgan fingerprint density at radius 3 is 2.64 bits per heavy atom. The van der Waals surface area contributed by atoms with Crippen molar-refractivity contribution in [1.29, 1.82) is 0 Å². The SMILES string of the molecule is CC(C)=CCC[C@@H](C)[C@H]1CC[C@H]2C3=C(CC[C@]12C)[C@@]1(C)CC[C@H](O)CC1CC3. The minimum Gasteiger partial charge on any atom is -0.393 e. The summed E-state index contributed by atoms with van der Waals surface area (Å²) in [7, 11) is 0. The van der Waals surface area contributed by atoms with Crippen molar-refractivity contribution in [3.63, 3.8) is 0 Å². The van der Waals surface area contributed by atoms with Crippen LogP contribution in [0.1, 0.15) is 105 Å². The van der Waals surface area contributed by atoms with Crippen molar-refractivity contribution in [2.75, 3.05) is 0 Å². The molecule has 0 bridgehead atoms. The molecule has 28 heavy (non-hydrogen) atoms. The summed E-state index contributed by atoms with van der Waals surface area (Å²) >= 11 is 0. The van der Waals surface area contributed by atoms with Crippen LogP contribution >= 0.6 is 0 Å². The molecule has 1 heteroatoms. The second-order valence-corrected chi connectivity index (χ2v) is 11.7. The van der Waals surface area contributed by atoms with Crippen LogP contribution < -0.4 is 0 Å². The van der Waals surface area contributed by atoms with E-state index in [1.54, 1.807) is 0 Å². The molecule has 2 fully saturated rings. The fourth-order valence-corrected chi connectivity index (χ4v) is 8.25. The molecule has 158 valence electrons. The van der Waals surface area contributed by atoms with E-state index < -0.39 is 0 Å². The number of fused-ring (bicyclic) bond motifs is 4. The topological polar surface area (TPSA) is 20.2 Å². The summed E-state index contributed by atoms with van der Waals surface area (Å²) in [5.41, 5.74) is 6.19. The summed E-state index contributed by atoms with van der Waals surface area (Å²) in [5.74, 6) is 3.36. The molecule has 7 atom stereocenters. The number of hydrogen-bond donors (Lipinski definition) is 1. The van der Waals surface area contributed by atoms with Crippen molar-refractivity contribution in [3.05, 3.63) is 22.8 Å². The Kier molecular flexibility index (Phi) is 5.62. The number of aliphatic hydroxyl groups is 1. The zero-order valence-electron chi connectivity index (χ0n) is 19.2. The molecule has 1 unspecified atom stereocenters. The number of hydrogen-bond acceptors (Lipinski definition) is 1. The average Bonchev–Trinajstić information content (AvgIpc) is 2.99. The van der Waals surface area contributed by atoms with Crippen LogP contribution in [0.15, 0.2) is 22.8 Å². The van der Waals surface area contributed by atoms with Crippen molar-refractivity contribution in [2.24, 2.45) is 34.5 Å². The lowest BCUT2D eigenvalue weighted by atomic mass is 9.50. The first kappa shape index (κ1) is 20.7. The van der Waals surface area contributed by atoms with Crippen molar-refractivity contribution < 1.29 is 5.11 Å². The molecule has 4 aliphatic rings. The predicted molar refractivity (Wildman–Crippen MR) is 119 cm³/mol. The van der Waals surface area contributed by atoms with E-state index in [0.717, 1.165) is 36.5 Å². The summed E-state index contributed by atoms with van der Waals surface area (Å²) in [6, 6.07) is 0. The quantitative estimate of drug-likeness (QED) is 0.499. The molecule has 0 radical (unpaired) electrons. The van der Waals surface area contributed by atoms with E-state index in [9.17, 15) is 5.11 Å². The third-order valence-corrected chi connectivity index (χ3v) is 9.90. The molecule has 0 aliphatic heterocycles. The van der Waals surface area contributed by atoms with Crippen LogP contribution in [0, 0.1) is 34.5 Å². The molecule has 2 saturated carbocycles. The average molecular weight is 385 g/mol. The molecule has 0 heterocycles. The molecular weight excluding hydrogens is 340 g/mol. The first-order chi connectivity index (χ1) is 13.3. The largest absolute Gasteiger partial charge is 0.393 e. The molecule has 0 aromatic heterocycles. The van der Waals surface area contributed by atoms with Gasteiger partial charge in [0.2, 0.25) is 0 Å². The normalized spacial score (nSPS) is 43.8. The molecule has 0 amide bonds. The van der Waals surface area contributed by atoms with E-state index >= 15 is 0 Å². The van der Waals surface area contributed by atoms with Gasteiger partial charge in [0.25, 0.3) is 0 Å². The summed E-state index contributed by atoms with van der Waals surface area (Å²) in [5, 5.41) is 10.2. The first-order valence-corrected chi connectivity index (χ1v) is 12.3. The van der Waals surface area contributed by atoms with Crippen molar-refractivity contribution in [3.8, 4) is 0 Å². The van der Waals surface area contributed by atoms with Crippen LogP contribution in [0.4, 0.5) is 0 Å². The lowest BCUT2D eigenvalue weighted by Gasteiger charge is -2.55. The smallest absolute Gasteiger partial charge is 0.0543 e. The van der Waals surface area contributed by atoms with Gasteiger partial charge < -0.3 is 5.11 Å². The highest BCUT2D eigenvalue weighted by Crippen LogP contribution is 2.65. The Bertz CT molecular complexity index is 653. The van der Waals surface area contributed by atoms with E-state index in [-0.39, 0.29) is 6.10 Å². The maximum Gasteiger partial charge on any atom is 0.0543 e. The minimum atomic E-state index is -0.0356. The Labute approximate surface area is 174 Å². The Morgan fingerprint density at radius 1 is 1.11 bits per heavy atom. The minimum absolute atomic E-state index is 0.0356. The first-order valence-electron chi connectivity index (χ1n) is 12.3. The fraction of sp³-hybridized carbons (Fsp3) is 0.852. The second-order valence-electron chi connectivity index (χ2n) is 11.7. The number of aliphatic hydroxyl groups excluding tert-OH is 1. The molecular formula is C27H44O. The van der Waals surface area contributed by atoms with Gasteiger partial charge in [-0.15, -0.1) is 0 Å². The molecule has 4 rings (SSSR count). The lowest BCUT2D eigenvalue weighted by molar-refractivity contribution is 0.0133. The third-order valence-electron chi connectivity index (χ3n) is 9.90. The molecule has 0 spiro atoms. The molecule has 0 aromatic rings. The highest BCUT2D eigenvalue weighted by molar-refractivity contribution is 5.34. The van der Waals surface area contributed by atoms with E-state index in [1.165, 1.54) is 63.4 Å². The standard InChI is InChI=1S/C27H44O/c1-18(2)7-6-8-19(3)23-11-12-24-22-10-9-20-17-21(28)13-15-26(20,4)25(22)14-16-27(23,24)5/h7,19-21,23-24,28H,6,8-17H2,1-5H3/t19-,20?,21+,23-,24+,26+,27-/m1/s1. The number of allylic oxidation sites excluding steroid dienone is 4. The van der Waals surface area contributed by atoms with Crippen LogP contribution in [0.3, 0.4) is 0 Å². The monoisotopic (exact) mass is 384 g/mol. The van der Waals surface area contributed by atoms with Crippen LogP contribution in [0.25, 0.3) is 0 Å². The highest BCUT2D eigenvalue weighted by atomic mass is 16.3. The maximum absolute atomic E-state index is 10.2. The van der Waals surface area contributed by atoms with Gasteiger partial charge >= 0.3 is 0 Å². The summed E-state index contributed by atoms with van der Waals surface area (Å²) in [4.78, 5) is 0. The van der Waals surface area contributed by atoms with Gasteiger partial charge in [-0.05, 0) is 119 Å². The van der Waals surface area contributed by atoms with Crippen LogP contribution in [-0.2, 0) is 0 Å². The second kappa shape index (κ2) is 7.60. The van der Waals surface area contributed by atoms with Gasteiger partial charge in [-0.2, -0.15) is 0 Å². The highest BCUT2D eigenvalue weighted by Gasteiger charge is 2.55. The van der Waals surface area contributed by atoms with Gasteiger partial charge in [0, 0.05) is 0 Å². The number of rotatable bonds is 4. The molecule has 0 aromatic carbocycles. The zero-order chi connectivity index (χ0) is 20.1. The van der Waals surface area contributed by atoms with Gasteiger partial charge in [0.05, 0.1) is 6.10 Å². The van der Waals surface area contributed by atoms with E-state index in [1.807, 2.05) is 11.1 Å². The summed E-state index contributed by atoms with van der Waals surface area (Å²) < 4.78 is 0. The molecule has 4 aliphatic carbocycles.